The molecule has 0 atom stereocenters. The first kappa shape index (κ1) is 9.38. The Bertz CT molecular complexity index is 193. The Kier molecular flexibility index (Phi) is 3.93. The quantitative estimate of drug-likeness (QED) is 0.602. The summed E-state index contributed by atoms with van der Waals surface area (Å²) in [4.78, 5) is 14.7. The zero-order chi connectivity index (χ0) is 8.81. The molecule has 1 aliphatic rings. The summed E-state index contributed by atoms with van der Waals surface area (Å²) in [5, 5.41) is 6.84. The summed E-state index contributed by atoms with van der Waals surface area (Å²) in [5.74, 6) is 1.08. The number of nitrogens with zero attached hydrogens (tertiary/aromatic N) is 1. The zero-order valence-electron chi connectivity index (χ0n) is 7.09. The van der Waals surface area contributed by atoms with Crippen LogP contribution in [0.4, 0.5) is 0 Å². The molecule has 0 aliphatic carbocycles. The Labute approximate surface area is 76.2 Å². The van der Waals surface area contributed by atoms with E-state index < -0.39 is 0 Å². The number of carbonyl (C=O) groups excluding carboxylic acids is 1. The monoisotopic (exact) mass is 187 g/mol. The van der Waals surface area contributed by atoms with E-state index in [0.717, 1.165) is 24.0 Å². The van der Waals surface area contributed by atoms with Gasteiger partial charge < -0.3 is 10.6 Å². The first-order valence-electron chi connectivity index (χ1n) is 3.94. The van der Waals surface area contributed by atoms with Crippen molar-refractivity contribution in [3.05, 3.63) is 0 Å². The highest BCUT2D eigenvalue weighted by Gasteiger charge is 2.04. The van der Waals surface area contributed by atoms with Crippen LogP contribution in [0.1, 0.15) is 6.92 Å². The van der Waals surface area contributed by atoms with Crippen molar-refractivity contribution in [3.63, 3.8) is 0 Å². The summed E-state index contributed by atoms with van der Waals surface area (Å²) in [7, 11) is 0. The maximum atomic E-state index is 10.5. The van der Waals surface area contributed by atoms with Gasteiger partial charge in [0.2, 0.25) is 5.91 Å². The summed E-state index contributed by atoms with van der Waals surface area (Å²) < 4.78 is 0. The predicted octanol–water partition coefficient (Wildman–Crippen LogP) is -0.185. The molecule has 0 fully saturated rings. The van der Waals surface area contributed by atoms with E-state index in [9.17, 15) is 4.79 Å². The van der Waals surface area contributed by atoms with Crippen LogP contribution in [0, 0.1) is 0 Å². The van der Waals surface area contributed by atoms with E-state index in [1.807, 2.05) is 0 Å². The first-order chi connectivity index (χ1) is 5.79. The van der Waals surface area contributed by atoms with Crippen LogP contribution < -0.4 is 10.6 Å². The Morgan fingerprint density at radius 1 is 1.67 bits per heavy atom. The second-order valence-corrected chi connectivity index (χ2v) is 3.53. The second-order valence-electron chi connectivity index (χ2n) is 2.45. The molecule has 68 valence electrons. The minimum absolute atomic E-state index is 0.0119. The third-order valence-electron chi connectivity index (χ3n) is 1.36. The van der Waals surface area contributed by atoms with Crippen molar-refractivity contribution in [1.82, 2.24) is 10.6 Å². The average Bonchev–Trinajstić information content (AvgIpc) is 2.49. The molecule has 2 N–H and O–H groups in total. The molecule has 5 heteroatoms. The van der Waals surface area contributed by atoms with Crippen molar-refractivity contribution in [1.29, 1.82) is 0 Å². The summed E-state index contributed by atoms with van der Waals surface area (Å²) in [6.07, 6.45) is 0. The molecule has 0 aromatic heterocycles. The van der Waals surface area contributed by atoms with Gasteiger partial charge in [0.1, 0.15) is 0 Å². The number of aliphatic imine (C=N–C) groups is 1. The number of carbonyl (C=O) groups is 1. The normalized spacial score (nSPS) is 15.6. The van der Waals surface area contributed by atoms with Gasteiger partial charge in [-0.05, 0) is 0 Å². The molecule has 0 saturated heterocycles. The van der Waals surface area contributed by atoms with Gasteiger partial charge in [0.15, 0.2) is 5.17 Å². The number of amidine groups is 1. The lowest BCUT2D eigenvalue weighted by Gasteiger charge is -2.04. The van der Waals surface area contributed by atoms with Crippen LogP contribution in [0.2, 0.25) is 0 Å². The van der Waals surface area contributed by atoms with E-state index in [0.29, 0.717) is 6.54 Å². The molecule has 12 heavy (non-hydrogen) atoms. The third kappa shape index (κ3) is 3.61. The number of rotatable bonds is 3. The standard InChI is InChI=1S/C7H13N3OS/c1-6(11)8-2-3-9-7-10-4-5-12-7/h2-5H2,1H3,(H,8,11)(H,9,10). The molecule has 0 bridgehead atoms. The lowest BCUT2D eigenvalue weighted by atomic mass is 10.6. The maximum Gasteiger partial charge on any atom is 0.216 e. The SMILES string of the molecule is CC(=O)NCCNC1=NCCS1. The number of hydrogen-bond donors (Lipinski definition) is 2. The molecule has 0 saturated carbocycles. The van der Waals surface area contributed by atoms with Crippen molar-refractivity contribution in [2.75, 3.05) is 25.4 Å². The van der Waals surface area contributed by atoms with Gasteiger partial charge in [-0.2, -0.15) is 0 Å². The number of hydrogen-bond acceptors (Lipinski definition) is 4. The molecule has 0 aromatic rings. The third-order valence-corrected chi connectivity index (χ3v) is 2.29. The maximum absolute atomic E-state index is 10.5. The van der Waals surface area contributed by atoms with E-state index >= 15 is 0 Å². The van der Waals surface area contributed by atoms with E-state index in [2.05, 4.69) is 15.6 Å². The van der Waals surface area contributed by atoms with Gasteiger partial charge in [0, 0.05) is 25.8 Å². The molecule has 4 nitrogen and oxygen atoms in total. The van der Waals surface area contributed by atoms with E-state index in [1.54, 1.807) is 11.8 Å². The number of thioether (sulfide) groups is 1. The van der Waals surface area contributed by atoms with Crippen LogP contribution in [-0.2, 0) is 4.79 Å². The highest BCUT2D eigenvalue weighted by atomic mass is 32.2. The van der Waals surface area contributed by atoms with Crippen LogP contribution in [0.25, 0.3) is 0 Å². The topological polar surface area (TPSA) is 53.5 Å². The van der Waals surface area contributed by atoms with Gasteiger partial charge in [-0.1, -0.05) is 11.8 Å². The Balaban J connectivity index is 1.98. The van der Waals surface area contributed by atoms with Gasteiger partial charge in [-0.25, -0.2) is 0 Å². The minimum atomic E-state index is 0.0119. The molecule has 0 radical (unpaired) electrons. The van der Waals surface area contributed by atoms with Crippen molar-refractivity contribution in [3.8, 4) is 0 Å². The lowest BCUT2D eigenvalue weighted by molar-refractivity contribution is -0.118. The predicted molar refractivity (Wildman–Crippen MR) is 51.4 cm³/mol. The fraction of sp³-hybridized carbons (Fsp3) is 0.714. The highest BCUT2D eigenvalue weighted by Crippen LogP contribution is 2.07. The zero-order valence-corrected chi connectivity index (χ0v) is 7.91. The molecule has 0 spiro atoms. The number of nitrogens with one attached hydrogen (secondary N) is 2. The van der Waals surface area contributed by atoms with Crippen LogP contribution in [0.3, 0.4) is 0 Å². The molecule has 1 aliphatic heterocycles. The van der Waals surface area contributed by atoms with E-state index in [-0.39, 0.29) is 5.91 Å². The first-order valence-corrected chi connectivity index (χ1v) is 4.93. The van der Waals surface area contributed by atoms with Crippen LogP contribution in [-0.4, -0.2) is 36.5 Å². The fourth-order valence-electron chi connectivity index (χ4n) is 0.850. The molecule has 1 amide bonds. The summed E-state index contributed by atoms with van der Waals surface area (Å²) in [5.41, 5.74) is 0. The van der Waals surface area contributed by atoms with Crippen molar-refractivity contribution in [2.45, 2.75) is 6.92 Å². The van der Waals surface area contributed by atoms with Gasteiger partial charge in [-0.3, -0.25) is 9.79 Å². The molecule has 0 unspecified atom stereocenters. The Morgan fingerprint density at radius 2 is 2.50 bits per heavy atom. The summed E-state index contributed by atoms with van der Waals surface area (Å²) in [6.45, 7) is 3.84. The van der Waals surface area contributed by atoms with Gasteiger partial charge in [0.25, 0.3) is 0 Å². The Hall–Kier alpha value is -0.710. The summed E-state index contributed by atoms with van der Waals surface area (Å²) >= 11 is 1.73. The van der Waals surface area contributed by atoms with Crippen LogP contribution in [0.15, 0.2) is 4.99 Å². The van der Waals surface area contributed by atoms with Crippen LogP contribution in [0.5, 0.6) is 0 Å². The van der Waals surface area contributed by atoms with E-state index in [1.165, 1.54) is 6.92 Å². The number of amides is 1. The van der Waals surface area contributed by atoms with Crippen molar-refractivity contribution < 1.29 is 4.79 Å². The van der Waals surface area contributed by atoms with Crippen molar-refractivity contribution >= 4 is 22.8 Å². The van der Waals surface area contributed by atoms with Gasteiger partial charge >= 0.3 is 0 Å². The highest BCUT2D eigenvalue weighted by molar-refractivity contribution is 8.14. The molecule has 0 aromatic carbocycles. The average molecular weight is 187 g/mol. The molecular weight excluding hydrogens is 174 g/mol. The van der Waals surface area contributed by atoms with Crippen LogP contribution >= 0.6 is 11.8 Å². The van der Waals surface area contributed by atoms with Crippen molar-refractivity contribution in [2.24, 2.45) is 4.99 Å². The fourth-order valence-corrected chi connectivity index (χ4v) is 1.61. The van der Waals surface area contributed by atoms with E-state index in [4.69, 9.17) is 0 Å². The minimum Gasteiger partial charge on any atom is -0.363 e. The van der Waals surface area contributed by atoms with Gasteiger partial charge in [0.05, 0.1) is 6.54 Å². The largest absolute Gasteiger partial charge is 0.363 e. The molecule has 1 rings (SSSR count). The van der Waals surface area contributed by atoms with Gasteiger partial charge in [-0.15, -0.1) is 0 Å². The lowest BCUT2D eigenvalue weighted by Crippen LogP contribution is -2.31. The second kappa shape index (κ2) is 5.03. The molecular formula is C7H13N3OS. The molecule has 1 heterocycles. The Morgan fingerprint density at radius 3 is 3.08 bits per heavy atom. The smallest absolute Gasteiger partial charge is 0.216 e. The summed E-state index contributed by atoms with van der Waals surface area (Å²) in [6, 6.07) is 0.